The van der Waals surface area contributed by atoms with E-state index in [1.165, 1.54) is 11.1 Å². The van der Waals surface area contributed by atoms with Gasteiger partial charge in [0.15, 0.2) is 0 Å². The summed E-state index contributed by atoms with van der Waals surface area (Å²) < 4.78 is 0. The summed E-state index contributed by atoms with van der Waals surface area (Å²) in [6, 6.07) is 10.2. The molecule has 1 aliphatic heterocycles. The number of nitrogens with zero attached hydrogens (tertiary/aromatic N) is 1. The van der Waals surface area contributed by atoms with Gasteiger partial charge in [0, 0.05) is 26.1 Å². The Hall–Kier alpha value is -1.58. The molecule has 4 heteroatoms. The second-order valence-electron chi connectivity index (χ2n) is 5.24. The lowest BCUT2D eigenvalue weighted by atomic mass is 10.1. The summed E-state index contributed by atoms with van der Waals surface area (Å²) in [6.07, 6.45) is 7.83. The molecule has 0 saturated heterocycles. The molecule has 1 heterocycles. The van der Waals surface area contributed by atoms with Crippen LogP contribution in [0.1, 0.15) is 25.3 Å². The molecular formula is C18H25ClN2O. The monoisotopic (exact) mass is 320 g/mol. The Balaban J connectivity index is 0.00000242. The van der Waals surface area contributed by atoms with E-state index >= 15 is 0 Å². The fourth-order valence-corrected chi connectivity index (χ4v) is 2.42. The Bertz CT molecular complexity index is 511. The summed E-state index contributed by atoms with van der Waals surface area (Å²) in [5.74, 6) is 0.225. The van der Waals surface area contributed by atoms with Crippen LogP contribution in [0.15, 0.2) is 48.1 Å². The first-order valence-electron chi connectivity index (χ1n) is 7.67. The molecule has 0 atom stereocenters. The molecule has 0 radical (unpaired) electrons. The van der Waals surface area contributed by atoms with Crippen molar-refractivity contribution in [3.05, 3.63) is 53.6 Å². The zero-order valence-electron chi connectivity index (χ0n) is 13.1. The highest BCUT2D eigenvalue weighted by atomic mass is 35.5. The van der Waals surface area contributed by atoms with Gasteiger partial charge in [-0.25, -0.2) is 0 Å². The van der Waals surface area contributed by atoms with Crippen molar-refractivity contribution in [2.75, 3.05) is 26.2 Å². The highest BCUT2D eigenvalue weighted by Crippen LogP contribution is 2.11. The maximum absolute atomic E-state index is 12.3. The van der Waals surface area contributed by atoms with Gasteiger partial charge in [-0.2, -0.15) is 0 Å². The predicted octanol–water partition coefficient (Wildman–Crippen LogP) is 3.28. The molecule has 1 aliphatic rings. The number of carbonyl (C=O) groups is 1. The van der Waals surface area contributed by atoms with Crippen molar-refractivity contribution >= 4 is 24.4 Å². The van der Waals surface area contributed by atoms with Crippen LogP contribution in [0.5, 0.6) is 0 Å². The lowest BCUT2D eigenvalue weighted by molar-refractivity contribution is -0.129. The van der Waals surface area contributed by atoms with Crippen LogP contribution in [-0.2, 0) is 4.79 Å². The van der Waals surface area contributed by atoms with Gasteiger partial charge in [-0.15, -0.1) is 12.4 Å². The summed E-state index contributed by atoms with van der Waals surface area (Å²) in [4.78, 5) is 14.2. The minimum Gasteiger partial charge on any atom is -0.339 e. The van der Waals surface area contributed by atoms with Crippen molar-refractivity contribution in [3.63, 3.8) is 0 Å². The molecule has 2 rings (SSSR count). The van der Waals surface area contributed by atoms with Gasteiger partial charge < -0.3 is 10.2 Å². The molecule has 1 aromatic carbocycles. The molecule has 22 heavy (non-hydrogen) atoms. The second kappa shape index (κ2) is 10.2. The van der Waals surface area contributed by atoms with Crippen molar-refractivity contribution < 1.29 is 4.79 Å². The maximum atomic E-state index is 12.3. The lowest BCUT2D eigenvalue weighted by Gasteiger charge is -2.21. The van der Waals surface area contributed by atoms with Crippen molar-refractivity contribution in [1.82, 2.24) is 10.2 Å². The normalized spacial score (nSPS) is 14.3. The molecule has 0 saturated carbocycles. The first-order valence-corrected chi connectivity index (χ1v) is 7.67. The van der Waals surface area contributed by atoms with Crippen LogP contribution in [-0.4, -0.2) is 37.0 Å². The molecule has 0 fully saturated rings. The topological polar surface area (TPSA) is 32.3 Å². The number of hydrogen-bond donors (Lipinski definition) is 1. The Morgan fingerprint density at radius 1 is 1.32 bits per heavy atom. The van der Waals surface area contributed by atoms with Gasteiger partial charge in [0.1, 0.15) is 0 Å². The number of amides is 1. The van der Waals surface area contributed by atoms with E-state index in [-0.39, 0.29) is 18.3 Å². The van der Waals surface area contributed by atoms with Crippen LogP contribution in [0, 0.1) is 0 Å². The van der Waals surface area contributed by atoms with E-state index in [4.69, 9.17) is 0 Å². The Kier molecular flexibility index (Phi) is 8.56. The summed E-state index contributed by atoms with van der Waals surface area (Å²) in [5, 5.41) is 3.27. The first kappa shape index (κ1) is 18.5. The van der Waals surface area contributed by atoms with Gasteiger partial charge in [0.25, 0.3) is 0 Å². The van der Waals surface area contributed by atoms with Gasteiger partial charge in [-0.1, -0.05) is 54.1 Å². The van der Waals surface area contributed by atoms with Crippen LogP contribution in [0.4, 0.5) is 0 Å². The van der Waals surface area contributed by atoms with Gasteiger partial charge in [-0.05, 0) is 25.5 Å². The van der Waals surface area contributed by atoms with E-state index in [1.54, 1.807) is 0 Å². The van der Waals surface area contributed by atoms with Crippen LogP contribution < -0.4 is 5.32 Å². The first-order chi connectivity index (χ1) is 10.3. The van der Waals surface area contributed by atoms with Gasteiger partial charge >= 0.3 is 0 Å². The third-order valence-electron chi connectivity index (χ3n) is 3.71. The summed E-state index contributed by atoms with van der Waals surface area (Å²) in [7, 11) is 0. The van der Waals surface area contributed by atoms with Crippen LogP contribution in [0.2, 0.25) is 0 Å². The number of hydrogen-bond acceptors (Lipinski definition) is 2. The smallest absolute Gasteiger partial charge is 0.226 e. The molecule has 0 aliphatic carbocycles. The Morgan fingerprint density at radius 3 is 2.73 bits per heavy atom. The average molecular weight is 321 g/mol. The molecule has 1 N–H and O–H groups in total. The fourth-order valence-electron chi connectivity index (χ4n) is 2.42. The molecule has 1 amide bonds. The Morgan fingerprint density at radius 2 is 2.09 bits per heavy atom. The van der Waals surface area contributed by atoms with Crippen molar-refractivity contribution in [2.45, 2.75) is 19.8 Å². The van der Waals surface area contributed by atoms with Crippen molar-refractivity contribution in [1.29, 1.82) is 0 Å². The number of carbonyl (C=O) groups excluding carboxylic acids is 1. The molecule has 0 bridgehead atoms. The van der Waals surface area contributed by atoms with Crippen molar-refractivity contribution in [3.8, 4) is 0 Å². The SMILES string of the molecule is CCN(CC=Cc1ccccc1)C(=O)CC1=CCNCC1.Cl. The zero-order chi connectivity index (χ0) is 14.9. The number of rotatable bonds is 6. The highest BCUT2D eigenvalue weighted by Gasteiger charge is 2.13. The van der Waals surface area contributed by atoms with Gasteiger partial charge in [0.05, 0.1) is 0 Å². The van der Waals surface area contributed by atoms with Gasteiger partial charge in [0.2, 0.25) is 5.91 Å². The van der Waals surface area contributed by atoms with Crippen LogP contribution in [0.3, 0.4) is 0 Å². The Labute approximate surface area is 139 Å². The minimum atomic E-state index is 0. The summed E-state index contributed by atoms with van der Waals surface area (Å²) >= 11 is 0. The molecular weight excluding hydrogens is 296 g/mol. The largest absolute Gasteiger partial charge is 0.339 e. The van der Waals surface area contributed by atoms with E-state index in [9.17, 15) is 4.79 Å². The van der Waals surface area contributed by atoms with Crippen LogP contribution in [0.25, 0.3) is 6.08 Å². The van der Waals surface area contributed by atoms with E-state index in [0.717, 1.165) is 26.1 Å². The molecule has 0 spiro atoms. The van der Waals surface area contributed by atoms with Gasteiger partial charge in [-0.3, -0.25) is 4.79 Å². The number of nitrogens with one attached hydrogen (secondary N) is 1. The minimum absolute atomic E-state index is 0. The molecule has 120 valence electrons. The van der Waals surface area contributed by atoms with E-state index in [2.05, 4.69) is 35.7 Å². The standard InChI is InChI=1S/C18H24N2O.ClH/c1-2-20(14-6-9-16-7-4-3-5-8-16)18(21)15-17-10-12-19-13-11-17;/h3-10,19H,2,11-15H2,1H3;1H. The number of benzene rings is 1. The molecule has 0 unspecified atom stereocenters. The number of likely N-dealkylation sites (N-methyl/N-ethyl adjacent to an activating group) is 1. The maximum Gasteiger partial charge on any atom is 0.226 e. The van der Waals surface area contributed by atoms with Crippen LogP contribution >= 0.6 is 12.4 Å². The lowest BCUT2D eigenvalue weighted by Crippen LogP contribution is -2.32. The molecule has 3 nitrogen and oxygen atoms in total. The average Bonchev–Trinajstić information content (AvgIpc) is 2.53. The zero-order valence-corrected chi connectivity index (χ0v) is 13.9. The van der Waals surface area contributed by atoms with E-state index in [0.29, 0.717) is 13.0 Å². The van der Waals surface area contributed by atoms with Crippen molar-refractivity contribution in [2.24, 2.45) is 0 Å². The third-order valence-corrected chi connectivity index (χ3v) is 3.71. The fraction of sp³-hybridized carbons (Fsp3) is 0.389. The molecule has 0 aromatic heterocycles. The highest BCUT2D eigenvalue weighted by molar-refractivity contribution is 5.85. The van der Waals surface area contributed by atoms with E-state index in [1.807, 2.05) is 30.0 Å². The summed E-state index contributed by atoms with van der Waals surface area (Å²) in [6.45, 7) is 5.34. The second-order valence-corrected chi connectivity index (χ2v) is 5.24. The third kappa shape index (κ3) is 6.04. The predicted molar refractivity (Wildman–Crippen MR) is 95.2 cm³/mol. The molecule has 1 aromatic rings. The summed E-state index contributed by atoms with van der Waals surface area (Å²) in [5.41, 5.74) is 2.44. The quantitative estimate of drug-likeness (QED) is 0.816. The van der Waals surface area contributed by atoms with E-state index < -0.39 is 0 Å². The number of halogens is 1.